The van der Waals surface area contributed by atoms with Gasteiger partial charge in [0.15, 0.2) is 11.2 Å². The molecule has 1 aliphatic rings. The standard InChI is InChI=1S/C12H17N5O/c1-7-14-11-9(17(7)2)12(18)16-10(15-11)8-3-5-13-6-4-8/h8,13H,3-6H2,1-2H3,(H,15,16,18). The van der Waals surface area contributed by atoms with Crippen LogP contribution in [0.1, 0.15) is 30.4 Å². The lowest BCUT2D eigenvalue weighted by molar-refractivity contribution is 0.445. The summed E-state index contributed by atoms with van der Waals surface area (Å²) in [7, 11) is 1.84. The van der Waals surface area contributed by atoms with Crippen molar-refractivity contribution in [3.8, 4) is 0 Å². The number of rotatable bonds is 1. The maximum atomic E-state index is 12.1. The van der Waals surface area contributed by atoms with Gasteiger partial charge in [0.2, 0.25) is 0 Å². The molecule has 6 heteroatoms. The van der Waals surface area contributed by atoms with Gasteiger partial charge in [-0.15, -0.1) is 0 Å². The van der Waals surface area contributed by atoms with Crippen LogP contribution >= 0.6 is 0 Å². The summed E-state index contributed by atoms with van der Waals surface area (Å²) in [6, 6.07) is 0. The predicted octanol–water partition coefficient (Wildman–Crippen LogP) is 0.432. The summed E-state index contributed by atoms with van der Waals surface area (Å²) in [6.07, 6.45) is 2.03. The van der Waals surface area contributed by atoms with E-state index in [2.05, 4.69) is 20.3 Å². The molecule has 0 spiro atoms. The molecular formula is C12H17N5O. The Bertz CT molecular complexity index is 636. The van der Waals surface area contributed by atoms with Crippen molar-refractivity contribution >= 4 is 11.2 Å². The minimum atomic E-state index is -0.0865. The molecule has 0 aliphatic carbocycles. The van der Waals surface area contributed by atoms with Crippen LogP contribution in [-0.4, -0.2) is 32.6 Å². The number of hydrogen-bond donors (Lipinski definition) is 2. The van der Waals surface area contributed by atoms with Gasteiger partial charge in [-0.25, -0.2) is 9.97 Å². The molecule has 0 amide bonds. The first-order valence-corrected chi connectivity index (χ1v) is 6.31. The minimum absolute atomic E-state index is 0.0865. The Balaban J connectivity index is 2.12. The topological polar surface area (TPSA) is 75.6 Å². The first kappa shape index (κ1) is 11.4. The van der Waals surface area contributed by atoms with Crippen LogP contribution in [0.25, 0.3) is 11.2 Å². The highest BCUT2D eigenvalue weighted by Gasteiger charge is 2.20. The van der Waals surface area contributed by atoms with Gasteiger partial charge in [-0.3, -0.25) is 4.79 Å². The smallest absolute Gasteiger partial charge is 0.277 e. The zero-order valence-electron chi connectivity index (χ0n) is 10.7. The molecule has 18 heavy (non-hydrogen) atoms. The number of H-pyrrole nitrogens is 1. The van der Waals surface area contributed by atoms with Crippen LogP contribution in [0.15, 0.2) is 4.79 Å². The van der Waals surface area contributed by atoms with E-state index in [1.54, 1.807) is 4.57 Å². The van der Waals surface area contributed by atoms with Gasteiger partial charge in [-0.05, 0) is 32.9 Å². The first-order chi connectivity index (χ1) is 8.66. The monoisotopic (exact) mass is 247 g/mol. The van der Waals surface area contributed by atoms with Crippen molar-refractivity contribution in [1.29, 1.82) is 0 Å². The van der Waals surface area contributed by atoms with Gasteiger partial charge in [-0.1, -0.05) is 0 Å². The molecule has 0 unspecified atom stereocenters. The summed E-state index contributed by atoms with van der Waals surface area (Å²) in [5.41, 5.74) is 1.04. The van der Waals surface area contributed by atoms with E-state index >= 15 is 0 Å². The maximum absolute atomic E-state index is 12.1. The third kappa shape index (κ3) is 1.73. The molecule has 2 aromatic heterocycles. The lowest BCUT2D eigenvalue weighted by Crippen LogP contribution is -2.28. The van der Waals surface area contributed by atoms with Crippen molar-refractivity contribution < 1.29 is 0 Å². The van der Waals surface area contributed by atoms with Gasteiger partial charge in [0.25, 0.3) is 5.56 Å². The van der Waals surface area contributed by atoms with Gasteiger partial charge in [0.1, 0.15) is 11.6 Å². The van der Waals surface area contributed by atoms with Crippen LogP contribution in [0.5, 0.6) is 0 Å². The number of nitrogens with zero attached hydrogens (tertiary/aromatic N) is 3. The largest absolute Gasteiger partial charge is 0.325 e. The third-order valence-electron chi connectivity index (χ3n) is 3.71. The molecule has 2 aromatic rings. The third-order valence-corrected chi connectivity index (χ3v) is 3.71. The van der Waals surface area contributed by atoms with E-state index in [-0.39, 0.29) is 5.56 Å². The molecule has 6 nitrogen and oxygen atoms in total. The van der Waals surface area contributed by atoms with E-state index in [0.717, 1.165) is 37.6 Å². The fourth-order valence-corrected chi connectivity index (χ4v) is 2.53. The van der Waals surface area contributed by atoms with Crippen LogP contribution in [0.3, 0.4) is 0 Å². The number of aromatic amines is 1. The normalized spacial score (nSPS) is 17.4. The van der Waals surface area contributed by atoms with Crippen LogP contribution in [0.4, 0.5) is 0 Å². The molecule has 1 aliphatic heterocycles. The second-order valence-corrected chi connectivity index (χ2v) is 4.87. The number of piperidine rings is 1. The highest BCUT2D eigenvalue weighted by atomic mass is 16.1. The molecule has 2 N–H and O–H groups in total. The average molecular weight is 247 g/mol. The highest BCUT2D eigenvalue weighted by molar-refractivity contribution is 5.70. The molecular weight excluding hydrogens is 230 g/mol. The average Bonchev–Trinajstić information content (AvgIpc) is 2.66. The van der Waals surface area contributed by atoms with Crippen molar-refractivity contribution in [2.45, 2.75) is 25.7 Å². The fraction of sp³-hybridized carbons (Fsp3) is 0.583. The van der Waals surface area contributed by atoms with Crippen LogP contribution in [0.2, 0.25) is 0 Å². The molecule has 3 heterocycles. The maximum Gasteiger partial charge on any atom is 0.277 e. The Morgan fingerprint density at radius 3 is 2.72 bits per heavy atom. The summed E-state index contributed by atoms with van der Waals surface area (Å²) in [4.78, 5) is 23.9. The number of imidazole rings is 1. The zero-order chi connectivity index (χ0) is 12.7. The minimum Gasteiger partial charge on any atom is -0.325 e. The molecule has 0 radical (unpaired) electrons. The highest BCUT2D eigenvalue weighted by Crippen LogP contribution is 2.22. The Kier molecular flexibility index (Phi) is 2.66. The van der Waals surface area contributed by atoms with E-state index in [1.165, 1.54) is 0 Å². The Morgan fingerprint density at radius 2 is 2.00 bits per heavy atom. The van der Waals surface area contributed by atoms with Crippen LogP contribution < -0.4 is 10.9 Å². The second-order valence-electron chi connectivity index (χ2n) is 4.87. The van der Waals surface area contributed by atoms with Crippen molar-refractivity contribution in [2.75, 3.05) is 13.1 Å². The van der Waals surface area contributed by atoms with E-state index in [0.29, 0.717) is 17.1 Å². The molecule has 96 valence electrons. The van der Waals surface area contributed by atoms with E-state index in [4.69, 9.17) is 0 Å². The van der Waals surface area contributed by atoms with Gasteiger partial charge < -0.3 is 14.9 Å². The fourth-order valence-electron chi connectivity index (χ4n) is 2.53. The SMILES string of the molecule is Cc1nc2nc(C3CCNCC3)[nH]c(=O)c2n1C. The summed E-state index contributed by atoms with van der Waals surface area (Å²) in [5, 5.41) is 3.31. The quantitative estimate of drug-likeness (QED) is 0.766. The summed E-state index contributed by atoms with van der Waals surface area (Å²) < 4.78 is 1.79. The Morgan fingerprint density at radius 1 is 1.28 bits per heavy atom. The van der Waals surface area contributed by atoms with E-state index in [9.17, 15) is 4.79 Å². The first-order valence-electron chi connectivity index (χ1n) is 6.31. The zero-order valence-corrected chi connectivity index (χ0v) is 10.7. The van der Waals surface area contributed by atoms with Gasteiger partial charge in [-0.2, -0.15) is 0 Å². The molecule has 0 aromatic carbocycles. The summed E-state index contributed by atoms with van der Waals surface area (Å²) in [5.74, 6) is 1.93. The molecule has 0 atom stereocenters. The lowest BCUT2D eigenvalue weighted by Gasteiger charge is -2.21. The number of aromatic nitrogens is 4. The molecule has 0 bridgehead atoms. The molecule has 1 saturated heterocycles. The van der Waals surface area contributed by atoms with Crippen LogP contribution in [0, 0.1) is 6.92 Å². The van der Waals surface area contributed by atoms with Gasteiger partial charge in [0.05, 0.1) is 0 Å². The Hall–Kier alpha value is -1.69. The number of hydrogen-bond acceptors (Lipinski definition) is 4. The van der Waals surface area contributed by atoms with Crippen molar-refractivity contribution in [3.05, 3.63) is 22.0 Å². The van der Waals surface area contributed by atoms with E-state index < -0.39 is 0 Å². The van der Waals surface area contributed by atoms with Gasteiger partial charge >= 0.3 is 0 Å². The molecule has 0 saturated carbocycles. The number of aryl methyl sites for hydroxylation is 2. The molecule has 1 fully saturated rings. The Labute approximate surface area is 104 Å². The van der Waals surface area contributed by atoms with Gasteiger partial charge in [0, 0.05) is 13.0 Å². The number of nitrogens with one attached hydrogen (secondary N) is 2. The number of fused-ring (bicyclic) bond motifs is 1. The summed E-state index contributed by atoms with van der Waals surface area (Å²) >= 11 is 0. The summed E-state index contributed by atoms with van der Waals surface area (Å²) in [6.45, 7) is 3.84. The molecule has 3 rings (SSSR count). The van der Waals surface area contributed by atoms with Crippen molar-refractivity contribution in [3.63, 3.8) is 0 Å². The van der Waals surface area contributed by atoms with Crippen molar-refractivity contribution in [2.24, 2.45) is 7.05 Å². The second kappa shape index (κ2) is 4.20. The predicted molar refractivity (Wildman–Crippen MR) is 68.7 cm³/mol. The van der Waals surface area contributed by atoms with Crippen LogP contribution in [-0.2, 0) is 7.05 Å². The lowest BCUT2D eigenvalue weighted by atomic mass is 9.97. The van der Waals surface area contributed by atoms with Crippen molar-refractivity contribution in [1.82, 2.24) is 24.8 Å². The van der Waals surface area contributed by atoms with E-state index in [1.807, 2.05) is 14.0 Å².